The van der Waals surface area contributed by atoms with Crippen molar-refractivity contribution in [3.63, 3.8) is 0 Å². The van der Waals surface area contributed by atoms with Gasteiger partial charge in [-0.15, -0.1) is 0 Å². The van der Waals surface area contributed by atoms with Crippen molar-refractivity contribution >= 4 is 11.5 Å². The molecule has 1 aliphatic carbocycles. The number of hydrogen-bond donors (Lipinski definition) is 1. The van der Waals surface area contributed by atoms with E-state index in [0.717, 1.165) is 12.1 Å². The van der Waals surface area contributed by atoms with Crippen LogP contribution in [-0.4, -0.2) is 23.6 Å². The largest absolute Gasteiger partial charge is 0.489 e. The third kappa shape index (κ3) is 5.37. The monoisotopic (exact) mass is 426 g/mol. The van der Waals surface area contributed by atoms with Gasteiger partial charge in [0, 0.05) is 19.3 Å². The van der Waals surface area contributed by atoms with Crippen molar-refractivity contribution in [1.29, 1.82) is 0 Å². The summed E-state index contributed by atoms with van der Waals surface area (Å²) >= 11 is 0. The van der Waals surface area contributed by atoms with Gasteiger partial charge in [0.05, 0.1) is 5.56 Å². The Morgan fingerprint density at radius 2 is 1.77 bits per heavy atom. The van der Waals surface area contributed by atoms with E-state index in [1.165, 1.54) is 6.07 Å². The molecule has 0 amide bonds. The Kier molecular flexibility index (Phi) is 6.14. The van der Waals surface area contributed by atoms with Gasteiger partial charge in [0.1, 0.15) is 12.4 Å². The summed E-state index contributed by atoms with van der Waals surface area (Å²) < 4.78 is 73.5. The summed E-state index contributed by atoms with van der Waals surface area (Å²) in [5.41, 5.74) is 0.266. The number of carbonyl (C=O) groups is 1. The first-order chi connectivity index (χ1) is 14.0. The Morgan fingerprint density at radius 1 is 1.07 bits per heavy atom. The minimum absolute atomic E-state index is 0.114. The van der Waals surface area contributed by atoms with Crippen LogP contribution in [0, 0.1) is 0 Å². The summed E-state index contributed by atoms with van der Waals surface area (Å²) in [5.74, 6) is -4.25. The minimum atomic E-state index is -4.69. The molecule has 0 radical (unpaired) electrons. The minimum Gasteiger partial charge on any atom is -0.489 e. The van der Waals surface area contributed by atoms with Crippen molar-refractivity contribution in [2.24, 2.45) is 0 Å². The fraction of sp³-hybridized carbons (Fsp3) is 0.318. The van der Waals surface area contributed by atoms with Crippen LogP contribution < -0.4 is 4.74 Å². The Morgan fingerprint density at radius 3 is 2.40 bits per heavy atom. The Bertz CT molecular complexity index is 949. The second-order valence-corrected chi connectivity index (χ2v) is 7.16. The molecule has 2 aromatic carbocycles. The first-order valence-corrected chi connectivity index (χ1v) is 9.24. The molecule has 8 heteroatoms. The topological polar surface area (TPSA) is 46.5 Å². The second-order valence-electron chi connectivity index (χ2n) is 7.16. The molecular formula is C22H19F5O3. The molecule has 30 heavy (non-hydrogen) atoms. The number of benzene rings is 2. The maximum atomic E-state index is 14.0. The van der Waals surface area contributed by atoms with E-state index in [-0.39, 0.29) is 24.3 Å². The Balaban J connectivity index is 1.82. The molecule has 0 heterocycles. The van der Waals surface area contributed by atoms with Gasteiger partial charge in [0.25, 0.3) is 5.92 Å². The summed E-state index contributed by atoms with van der Waals surface area (Å²) in [6.07, 6.45) is -6.37. The van der Waals surface area contributed by atoms with Gasteiger partial charge in [-0.3, -0.25) is 4.79 Å². The maximum Gasteiger partial charge on any atom is 0.416 e. The molecule has 0 atom stereocenters. The van der Waals surface area contributed by atoms with Crippen molar-refractivity contribution in [2.45, 2.75) is 37.8 Å². The number of rotatable bonds is 7. The highest BCUT2D eigenvalue weighted by molar-refractivity contribution is 5.72. The van der Waals surface area contributed by atoms with Crippen molar-refractivity contribution in [2.75, 3.05) is 6.61 Å². The fourth-order valence-electron chi connectivity index (χ4n) is 3.49. The lowest BCUT2D eigenvalue weighted by molar-refractivity contribution is -0.140. The van der Waals surface area contributed by atoms with Crippen molar-refractivity contribution in [3.05, 3.63) is 70.8 Å². The fourth-order valence-corrected chi connectivity index (χ4v) is 3.49. The maximum absolute atomic E-state index is 14.0. The number of hydrogen-bond acceptors (Lipinski definition) is 2. The zero-order valence-corrected chi connectivity index (χ0v) is 15.8. The Hall–Kier alpha value is -2.90. The molecular weight excluding hydrogens is 407 g/mol. The van der Waals surface area contributed by atoms with Gasteiger partial charge >= 0.3 is 12.1 Å². The number of ether oxygens (including phenoxy) is 1. The first-order valence-electron chi connectivity index (χ1n) is 9.24. The molecule has 1 aliphatic rings. The van der Waals surface area contributed by atoms with Gasteiger partial charge < -0.3 is 9.84 Å². The summed E-state index contributed by atoms with van der Waals surface area (Å²) in [6, 6.07) is 11.9. The van der Waals surface area contributed by atoms with E-state index < -0.39 is 42.9 Å². The summed E-state index contributed by atoms with van der Waals surface area (Å²) in [6.45, 7) is -0.258. The van der Waals surface area contributed by atoms with Crippen LogP contribution in [-0.2, 0) is 17.4 Å². The zero-order valence-electron chi connectivity index (χ0n) is 15.8. The highest BCUT2D eigenvalue weighted by Gasteiger charge is 2.39. The van der Waals surface area contributed by atoms with Gasteiger partial charge in [-0.25, -0.2) is 8.78 Å². The SMILES string of the molecule is O=C(O)CCc1ccc(OCC2=C(c3ccccc3)CC(F)(F)C2)cc1C(F)(F)F. The lowest BCUT2D eigenvalue weighted by Crippen LogP contribution is -2.13. The van der Waals surface area contributed by atoms with Crippen molar-refractivity contribution in [1.82, 2.24) is 0 Å². The molecule has 1 N–H and O–H groups in total. The van der Waals surface area contributed by atoms with Gasteiger partial charge in [0.2, 0.25) is 0 Å². The number of aliphatic carboxylic acids is 1. The van der Waals surface area contributed by atoms with Gasteiger partial charge in [-0.05, 0) is 40.8 Å². The van der Waals surface area contributed by atoms with Gasteiger partial charge in [-0.2, -0.15) is 13.2 Å². The number of carboxylic acids is 1. The quantitative estimate of drug-likeness (QED) is 0.554. The Labute approximate surface area is 169 Å². The highest BCUT2D eigenvalue weighted by Crippen LogP contribution is 2.44. The van der Waals surface area contributed by atoms with Crippen molar-refractivity contribution < 1.29 is 36.6 Å². The van der Waals surface area contributed by atoms with E-state index in [4.69, 9.17) is 9.84 Å². The molecule has 0 fully saturated rings. The number of allylic oxidation sites excluding steroid dienone is 1. The van der Waals surface area contributed by atoms with Crippen LogP contribution in [0.2, 0.25) is 0 Å². The van der Waals surface area contributed by atoms with Gasteiger partial charge in [0.15, 0.2) is 0 Å². The molecule has 0 saturated carbocycles. The molecule has 0 aliphatic heterocycles. The molecule has 0 aromatic heterocycles. The molecule has 160 valence electrons. The first kappa shape index (κ1) is 21.8. The van der Waals surface area contributed by atoms with E-state index >= 15 is 0 Å². The van der Waals surface area contributed by atoms with Crippen LogP contribution in [0.4, 0.5) is 22.0 Å². The molecule has 0 unspecified atom stereocenters. The van der Waals surface area contributed by atoms with Crippen molar-refractivity contribution in [3.8, 4) is 5.75 Å². The number of alkyl halides is 5. The predicted molar refractivity (Wildman–Crippen MR) is 100 cm³/mol. The lowest BCUT2D eigenvalue weighted by atomic mass is 10.0. The molecule has 3 rings (SSSR count). The van der Waals surface area contributed by atoms with Crippen LogP contribution in [0.3, 0.4) is 0 Å². The van der Waals surface area contributed by atoms with E-state index in [0.29, 0.717) is 16.7 Å². The van der Waals surface area contributed by atoms with Crippen LogP contribution in [0.5, 0.6) is 5.75 Å². The summed E-state index contributed by atoms with van der Waals surface area (Å²) in [5, 5.41) is 8.72. The second kappa shape index (κ2) is 8.45. The molecule has 0 spiro atoms. The normalized spacial score (nSPS) is 16.0. The zero-order chi connectivity index (χ0) is 21.9. The third-order valence-electron chi connectivity index (χ3n) is 4.86. The summed E-state index contributed by atoms with van der Waals surface area (Å²) in [4.78, 5) is 10.7. The van der Waals surface area contributed by atoms with Crippen LogP contribution in [0.1, 0.15) is 36.0 Å². The van der Waals surface area contributed by atoms with E-state index in [1.807, 2.05) is 0 Å². The van der Waals surface area contributed by atoms with Crippen LogP contribution >= 0.6 is 0 Å². The van der Waals surface area contributed by atoms with E-state index in [2.05, 4.69) is 0 Å². The van der Waals surface area contributed by atoms with E-state index in [1.54, 1.807) is 30.3 Å². The van der Waals surface area contributed by atoms with E-state index in [9.17, 15) is 26.7 Å². The molecule has 2 aromatic rings. The standard InChI is InChI=1S/C22H19F5O3/c23-21(24)11-16(18(12-21)14-4-2-1-3-5-14)13-30-17-8-6-15(7-9-20(28)29)19(10-17)22(25,26)27/h1-6,8,10H,7,9,11-13H2,(H,28,29). The van der Waals surface area contributed by atoms with Crippen LogP contribution in [0.25, 0.3) is 5.57 Å². The average molecular weight is 426 g/mol. The summed E-state index contributed by atoms with van der Waals surface area (Å²) in [7, 11) is 0. The smallest absolute Gasteiger partial charge is 0.416 e. The third-order valence-corrected chi connectivity index (χ3v) is 4.86. The molecule has 0 saturated heterocycles. The molecule has 3 nitrogen and oxygen atoms in total. The average Bonchev–Trinajstić information content (AvgIpc) is 2.99. The number of halogens is 5. The van der Waals surface area contributed by atoms with Crippen LogP contribution in [0.15, 0.2) is 54.1 Å². The predicted octanol–water partition coefficient (Wildman–Crippen LogP) is 5.98. The number of carboxylic acid groups (broad SMARTS) is 1. The molecule has 0 bridgehead atoms. The highest BCUT2D eigenvalue weighted by atomic mass is 19.4. The van der Waals surface area contributed by atoms with Gasteiger partial charge in [-0.1, -0.05) is 36.4 Å². The lowest BCUT2D eigenvalue weighted by Gasteiger charge is -2.15. The number of aryl methyl sites for hydroxylation is 1.